The third-order valence-electron chi connectivity index (χ3n) is 5.17. The zero-order valence-electron chi connectivity index (χ0n) is 14.9. The number of aliphatic hydroxyl groups is 1. The van der Waals surface area contributed by atoms with Crippen LogP contribution in [0.15, 0.2) is 53.1 Å². The number of carbonyl (C=O) groups excluding carboxylic acids is 1. The molecule has 1 amide bonds. The van der Waals surface area contributed by atoms with Gasteiger partial charge in [-0.2, -0.15) is 5.10 Å². The van der Waals surface area contributed by atoms with Gasteiger partial charge in [0, 0.05) is 10.7 Å². The highest BCUT2D eigenvalue weighted by Gasteiger charge is 2.25. The number of halogens is 1. The first-order valence-corrected chi connectivity index (χ1v) is 10.1. The van der Waals surface area contributed by atoms with Gasteiger partial charge < -0.3 is 10.4 Å². The van der Waals surface area contributed by atoms with Crippen LogP contribution in [-0.4, -0.2) is 32.8 Å². The molecule has 1 aliphatic carbocycles. The number of rotatable bonds is 4. The number of carbonyl (C=O) groups is 1. The summed E-state index contributed by atoms with van der Waals surface area (Å²) in [5.41, 5.74) is 3.59. The zero-order chi connectivity index (χ0) is 18.8. The Morgan fingerprint density at radius 3 is 2.78 bits per heavy atom. The van der Waals surface area contributed by atoms with Crippen LogP contribution < -0.4 is 5.32 Å². The van der Waals surface area contributed by atoms with Gasteiger partial charge in [-0.3, -0.25) is 4.79 Å². The Bertz CT molecular complexity index is 952. The Labute approximate surface area is 166 Å². The molecule has 2 N–H and O–H groups in total. The number of amides is 1. The smallest absolute Gasteiger partial charge is 0.272 e. The molecule has 27 heavy (non-hydrogen) atoms. The van der Waals surface area contributed by atoms with E-state index < -0.39 is 6.10 Å². The van der Waals surface area contributed by atoms with Crippen LogP contribution in [-0.2, 0) is 6.42 Å². The molecule has 1 aliphatic rings. The van der Waals surface area contributed by atoms with Crippen molar-refractivity contribution in [3.63, 3.8) is 0 Å². The van der Waals surface area contributed by atoms with Crippen molar-refractivity contribution < 1.29 is 9.90 Å². The van der Waals surface area contributed by atoms with Gasteiger partial charge in [-0.1, -0.05) is 40.9 Å². The molecular formula is C21H22BrN3O2. The highest BCUT2D eigenvalue weighted by Crippen LogP contribution is 2.21. The lowest BCUT2D eigenvalue weighted by atomic mass is 9.92. The highest BCUT2D eigenvalue weighted by molar-refractivity contribution is 9.10. The lowest BCUT2D eigenvalue weighted by molar-refractivity contribution is 0.0713. The summed E-state index contributed by atoms with van der Waals surface area (Å²) in [6.45, 7) is 0. The summed E-state index contributed by atoms with van der Waals surface area (Å²) >= 11 is 3.46. The lowest BCUT2D eigenvalue weighted by Gasteiger charge is -2.28. The van der Waals surface area contributed by atoms with Crippen molar-refractivity contribution in [2.75, 3.05) is 0 Å². The minimum Gasteiger partial charge on any atom is -0.391 e. The van der Waals surface area contributed by atoms with E-state index in [1.165, 1.54) is 5.56 Å². The Kier molecular flexibility index (Phi) is 5.27. The molecule has 1 saturated carbocycles. The zero-order valence-corrected chi connectivity index (χ0v) is 16.5. The van der Waals surface area contributed by atoms with E-state index in [2.05, 4.69) is 38.5 Å². The first kappa shape index (κ1) is 18.2. The van der Waals surface area contributed by atoms with Crippen molar-refractivity contribution in [2.45, 2.75) is 44.2 Å². The van der Waals surface area contributed by atoms with E-state index in [9.17, 15) is 9.90 Å². The summed E-state index contributed by atoms with van der Waals surface area (Å²) in [6, 6.07) is 13.8. The molecule has 4 rings (SSSR count). The molecule has 1 fully saturated rings. The van der Waals surface area contributed by atoms with Crippen LogP contribution in [0.5, 0.6) is 0 Å². The Morgan fingerprint density at radius 1 is 1.22 bits per heavy atom. The molecule has 2 heterocycles. The molecule has 0 aliphatic heterocycles. The molecular weight excluding hydrogens is 406 g/mol. The SMILES string of the molecule is O=C(N[C@H]1CCCC[C@@H]1O)c1cc(Cc2ccc(Br)cc2)c2cccn2n1. The highest BCUT2D eigenvalue weighted by atomic mass is 79.9. The second-order valence-corrected chi connectivity index (χ2v) is 8.04. The summed E-state index contributed by atoms with van der Waals surface area (Å²) in [5, 5.41) is 17.6. The second kappa shape index (κ2) is 7.82. The molecule has 0 unspecified atom stereocenters. The van der Waals surface area contributed by atoms with Gasteiger partial charge in [0.15, 0.2) is 0 Å². The number of aromatic nitrogens is 2. The predicted octanol–water partition coefficient (Wildman–Crippen LogP) is 3.72. The summed E-state index contributed by atoms with van der Waals surface area (Å²) in [5.74, 6) is -0.228. The molecule has 2 atom stereocenters. The van der Waals surface area contributed by atoms with Gasteiger partial charge in [0.25, 0.3) is 5.91 Å². The van der Waals surface area contributed by atoms with Gasteiger partial charge in [-0.25, -0.2) is 4.52 Å². The largest absolute Gasteiger partial charge is 0.391 e. The number of benzene rings is 1. The Hall–Kier alpha value is -2.18. The van der Waals surface area contributed by atoms with Crippen LogP contribution in [0, 0.1) is 0 Å². The first-order chi connectivity index (χ1) is 13.1. The van der Waals surface area contributed by atoms with Gasteiger partial charge in [-0.05, 0) is 60.7 Å². The minimum absolute atomic E-state index is 0.191. The molecule has 0 saturated heterocycles. The Balaban J connectivity index is 1.61. The second-order valence-electron chi connectivity index (χ2n) is 7.13. The van der Waals surface area contributed by atoms with Crippen molar-refractivity contribution in [3.05, 3.63) is 70.0 Å². The number of hydrogen-bond donors (Lipinski definition) is 2. The average Bonchev–Trinajstić information content (AvgIpc) is 3.14. The van der Waals surface area contributed by atoms with Gasteiger partial charge in [-0.15, -0.1) is 0 Å². The van der Waals surface area contributed by atoms with Crippen molar-refractivity contribution in [2.24, 2.45) is 0 Å². The van der Waals surface area contributed by atoms with E-state index >= 15 is 0 Å². The number of hydrogen-bond acceptors (Lipinski definition) is 3. The van der Waals surface area contributed by atoms with Crippen LogP contribution in [0.4, 0.5) is 0 Å². The van der Waals surface area contributed by atoms with Gasteiger partial charge in [0.2, 0.25) is 0 Å². The fourth-order valence-corrected chi connectivity index (χ4v) is 3.96. The van der Waals surface area contributed by atoms with E-state index in [0.29, 0.717) is 5.69 Å². The number of nitrogens with zero attached hydrogens (tertiary/aromatic N) is 2. The number of aliphatic hydroxyl groups excluding tert-OH is 1. The topological polar surface area (TPSA) is 66.6 Å². The fourth-order valence-electron chi connectivity index (χ4n) is 3.69. The van der Waals surface area contributed by atoms with E-state index in [-0.39, 0.29) is 11.9 Å². The minimum atomic E-state index is -0.472. The standard InChI is InChI=1S/C21H22BrN3O2/c22-16-9-7-14(8-10-16)12-15-13-18(24-25-11-3-5-19(15)25)21(27)23-17-4-1-2-6-20(17)26/h3,5,7-11,13,17,20,26H,1-2,4,6,12H2,(H,23,27)/t17-,20-/m0/s1. The van der Waals surface area contributed by atoms with Gasteiger partial charge >= 0.3 is 0 Å². The summed E-state index contributed by atoms with van der Waals surface area (Å²) in [6.07, 6.45) is 5.69. The van der Waals surface area contributed by atoms with Crippen LogP contribution >= 0.6 is 15.9 Å². The normalized spacial score (nSPS) is 19.9. The number of fused-ring (bicyclic) bond motifs is 1. The van der Waals surface area contributed by atoms with Crippen LogP contribution in [0.25, 0.3) is 5.52 Å². The van der Waals surface area contributed by atoms with Crippen LogP contribution in [0.2, 0.25) is 0 Å². The molecule has 5 nitrogen and oxygen atoms in total. The average molecular weight is 428 g/mol. The van der Waals surface area contributed by atoms with Gasteiger partial charge in [0.1, 0.15) is 5.69 Å². The van der Waals surface area contributed by atoms with E-state index in [1.807, 2.05) is 36.5 Å². The summed E-state index contributed by atoms with van der Waals surface area (Å²) < 4.78 is 2.79. The molecule has 2 aromatic heterocycles. The first-order valence-electron chi connectivity index (χ1n) is 9.31. The van der Waals surface area contributed by atoms with Crippen molar-refractivity contribution in [1.82, 2.24) is 14.9 Å². The van der Waals surface area contributed by atoms with Crippen molar-refractivity contribution in [3.8, 4) is 0 Å². The molecule has 1 aromatic carbocycles. The van der Waals surface area contributed by atoms with E-state index in [4.69, 9.17) is 0 Å². The van der Waals surface area contributed by atoms with E-state index in [0.717, 1.165) is 47.7 Å². The molecule has 0 spiro atoms. The fraction of sp³-hybridized carbons (Fsp3) is 0.333. The molecule has 0 bridgehead atoms. The van der Waals surface area contributed by atoms with Crippen molar-refractivity contribution >= 4 is 27.4 Å². The third-order valence-corrected chi connectivity index (χ3v) is 5.70. The molecule has 3 aromatic rings. The summed E-state index contributed by atoms with van der Waals surface area (Å²) in [4.78, 5) is 12.8. The predicted molar refractivity (Wildman–Crippen MR) is 108 cm³/mol. The molecule has 0 radical (unpaired) electrons. The monoisotopic (exact) mass is 427 g/mol. The molecule has 6 heteroatoms. The lowest BCUT2D eigenvalue weighted by Crippen LogP contribution is -2.45. The van der Waals surface area contributed by atoms with Crippen molar-refractivity contribution in [1.29, 1.82) is 0 Å². The Morgan fingerprint density at radius 2 is 2.00 bits per heavy atom. The maximum absolute atomic E-state index is 12.8. The maximum Gasteiger partial charge on any atom is 0.272 e. The maximum atomic E-state index is 12.8. The number of nitrogens with one attached hydrogen (secondary N) is 1. The van der Waals surface area contributed by atoms with Gasteiger partial charge in [0.05, 0.1) is 17.7 Å². The summed E-state index contributed by atoms with van der Waals surface area (Å²) in [7, 11) is 0. The van der Waals surface area contributed by atoms with Crippen LogP contribution in [0.1, 0.15) is 47.3 Å². The molecule has 140 valence electrons. The quantitative estimate of drug-likeness (QED) is 0.666. The third kappa shape index (κ3) is 4.06. The van der Waals surface area contributed by atoms with Crippen LogP contribution in [0.3, 0.4) is 0 Å². The van der Waals surface area contributed by atoms with E-state index in [1.54, 1.807) is 4.52 Å².